The highest BCUT2D eigenvalue weighted by Crippen LogP contribution is 2.42. The zero-order chi connectivity index (χ0) is 13.8. The summed E-state index contributed by atoms with van der Waals surface area (Å²) in [5.74, 6) is -0.329. The molecule has 1 fully saturated rings. The third-order valence-corrected chi connectivity index (χ3v) is 3.99. The second kappa shape index (κ2) is 6.02. The van der Waals surface area contributed by atoms with Crippen LogP contribution in [-0.4, -0.2) is 36.0 Å². The van der Waals surface area contributed by atoms with Gasteiger partial charge in [-0.05, 0) is 27.2 Å². The molecule has 0 aromatic rings. The van der Waals surface area contributed by atoms with Gasteiger partial charge >= 0.3 is 5.97 Å². The molecule has 1 saturated heterocycles. The number of carbonyl (C=O) groups excluding carboxylic acids is 1. The van der Waals surface area contributed by atoms with Crippen molar-refractivity contribution in [2.45, 2.75) is 65.1 Å². The minimum atomic E-state index is -1.03. The molecule has 1 aliphatic rings. The number of aliphatic hydroxyl groups is 1. The van der Waals surface area contributed by atoms with Gasteiger partial charge in [-0.3, -0.25) is 4.79 Å². The van der Waals surface area contributed by atoms with Crippen LogP contribution in [0, 0.1) is 5.41 Å². The number of hydrogen-bond donors (Lipinski definition) is 1. The van der Waals surface area contributed by atoms with Gasteiger partial charge in [0.1, 0.15) is 0 Å². The lowest BCUT2D eigenvalue weighted by Crippen LogP contribution is -2.55. The highest BCUT2D eigenvalue weighted by molar-refractivity contribution is 5.77. The van der Waals surface area contributed by atoms with Gasteiger partial charge in [-0.25, -0.2) is 0 Å². The van der Waals surface area contributed by atoms with Crippen molar-refractivity contribution in [2.75, 3.05) is 13.2 Å². The molecule has 0 aromatic carbocycles. The highest BCUT2D eigenvalue weighted by atomic mass is 16.5. The monoisotopic (exact) mass is 258 g/mol. The largest absolute Gasteiger partial charge is 0.465 e. The highest BCUT2D eigenvalue weighted by Gasteiger charge is 2.52. The van der Waals surface area contributed by atoms with E-state index in [0.717, 1.165) is 12.8 Å². The quantitative estimate of drug-likeness (QED) is 0.769. The summed E-state index contributed by atoms with van der Waals surface area (Å²) in [7, 11) is 0. The van der Waals surface area contributed by atoms with Crippen molar-refractivity contribution in [3.8, 4) is 0 Å². The summed E-state index contributed by atoms with van der Waals surface area (Å²) in [6.45, 7) is 8.24. The third kappa shape index (κ3) is 3.04. The fraction of sp³-hybridized carbons (Fsp3) is 0.929. The summed E-state index contributed by atoms with van der Waals surface area (Å²) in [5.41, 5.74) is -1.92. The average molecular weight is 258 g/mol. The van der Waals surface area contributed by atoms with E-state index in [9.17, 15) is 9.90 Å². The molecule has 0 radical (unpaired) electrons. The van der Waals surface area contributed by atoms with Crippen LogP contribution < -0.4 is 0 Å². The summed E-state index contributed by atoms with van der Waals surface area (Å²) in [6.07, 6.45) is 2.97. The van der Waals surface area contributed by atoms with E-state index in [2.05, 4.69) is 6.92 Å². The normalized spacial score (nSPS) is 29.1. The first-order valence-electron chi connectivity index (χ1n) is 6.88. The molecular formula is C14H26O4. The fourth-order valence-electron chi connectivity index (χ4n) is 2.51. The first kappa shape index (κ1) is 15.4. The third-order valence-electron chi connectivity index (χ3n) is 3.99. The number of carbonyl (C=O) groups is 1. The van der Waals surface area contributed by atoms with Gasteiger partial charge < -0.3 is 14.6 Å². The molecule has 1 aliphatic heterocycles. The Hall–Kier alpha value is -0.610. The van der Waals surface area contributed by atoms with Crippen molar-refractivity contribution in [3.63, 3.8) is 0 Å². The zero-order valence-corrected chi connectivity index (χ0v) is 12.0. The van der Waals surface area contributed by atoms with Crippen LogP contribution in [0.15, 0.2) is 0 Å². The molecule has 0 bridgehead atoms. The average Bonchev–Trinajstić information content (AvgIpc) is 2.29. The SMILES string of the molecule is CCCC1CC(O)(C(C)(C)C(=O)OCC)CCO1. The van der Waals surface area contributed by atoms with Gasteiger partial charge in [-0.1, -0.05) is 13.3 Å². The summed E-state index contributed by atoms with van der Waals surface area (Å²) in [5, 5.41) is 10.8. The second-order valence-corrected chi connectivity index (χ2v) is 5.61. The topological polar surface area (TPSA) is 55.8 Å². The molecule has 2 atom stereocenters. The van der Waals surface area contributed by atoms with Crippen LogP contribution in [0.25, 0.3) is 0 Å². The van der Waals surface area contributed by atoms with Crippen molar-refractivity contribution in [1.29, 1.82) is 0 Å². The molecular weight excluding hydrogens is 232 g/mol. The first-order chi connectivity index (χ1) is 8.37. The predicted octanol–water partition coefficient (Wildman–Crippen LogP) is 2.29. The van der Waals surface area contributed by atoms with E-state index in [1.54, 1.807) is 20.8 Å². The molecule has 0 amide bonds. The Kier molecular flexibility index (Phi) is 5.17. The lowest BCUT2D eigenvalue weighted by atomic mass is 9.69. The lowest BCUT2D eigenvalue weighted by molar-refractivity contribution is -0.191. The smallest absolute Gasteiger partial charge is 0.314 e. The predicted molar refractivity (Wildman–Crippen MR) is 69.2 cm³/mol. The van der Waals surface area contributed by atoms with E-state index in [4.69, 9.17) is 9.47 Å². The number of ether oxygens (including phenoxy) is 2. The van der Waals surface area contributed by atoms with Gasteiger partial charge in [-0.2, -0.15) is 0 Å². The number of esters is 1. The molecule has 0 spiro atoms. The van der Waals surface area contributed by atoms with Gasteiger partial charge in [0.2, 0.25) is 0 Å². The Morgan fingerprint density at radius 1 is 1.50 bits per heavy atom. The van der Waals surface area contributed by atoms with Crippen LogP contribution in [0.5, 0.6) is 0 Å². The summed E-state index contributed by atoms with van der Waals surface area (Å²) >= 11 is 0. The van der Waals surface area contributed by atoms with Crippen molar-refractivity contribution >= 4 is 5.97 Å². The zero-order valence-electron chi connectivity index (χ0n) is 12.0. The Bertz CT molecular complexity index is 286. The van der Waals surface area contributed by atoms with Crippen LogP contribution in [0.4, 0.5) is 0 Å². The molecule has 2 unspecified atom stereocenters. The fourth-order valence-corrected chi connectivity index (χ4v) is 2.51. The van der Waals surface area contributed by atoms with Crippen molar-refractivity contribution in [2.24, 2.45) is 5.41 Å². The van der Waals surface area contributed by atoms with Gasteiger partial charge in [0, 0.05) is 19.4 Å². The summed E-state index contributed by atoms with van der Waals surface area (Å²) in [6, 6.07) is 0. The van der Waals surface area contributed by atoms with Crippen LogP contribution in [0.1, 0.15) is 53.4 Å². The van der Waals surface area contributed by atoms with Crippen molar-refractivity contribution in [3.05, 3.63) is 0 Å². The molecule has 1 N–H and O–H groups in total. The summed E-state index contributed by atoms with van der Waals surface area (Å²) < 4.78 is 10.7. The number of rotatable bonds is 5. The van der Waals surface area contributed by atoms with Gasteiger partial charge in [0.05, 0.1) is 23.7 Å². The van der Waals surface area contributed by atoms with Gasteiger partial charge in [-0.15, -0.1) is 0 Å². The van der Waals surface area contributed by atoms with Crippen LogP contribution in [-0.2, 0) is 14.3 Å². The molecule has 0 aliphatic carbocycles. The summed E-state index contributed by atoms with van der Waals surface area (Å²) in [4.78, 5) is 12.0. The Balaban J connectivity index is 2.80. The molecule has 4 heteroatoms. The van der Waals surface area contributed by atoms with Gasteiger partial charge in [0.15, 0.2) is 0 Å². The van der Waals surface area contributed by atoms with Crippen LogP contribution in [0.3, 0.4) is 0 Å². The van der Waals surface area contributed by atoms with Gasteiger partial charge in [0.25, 0.3) is 0 Å². The molecule has 0 saturated carbocycles. The van der Waals surface area contributed by atoms with E-state index in [-0.39, 0.29) is 12.1 Å². The van der Waals surface area contributed by atoms with E-state index in [0.29, 0.717) is 26.1 Å². The van der Waals surface area contributed by atoms with Crippen LogP contribution >= 0.6 is 0 Å². The molecule has 1 rings (SSSR count). The minimum Gasteiger partial charge on any atom is -0.465 e. The van der Waals surface area contributed by atoms with E-state index in [1.165, 1.54) is 0 Å². The number of hydrogen-bond acceptors (Lipinski definition) is 4. The maximum atomic E-state index is 12.0. The second-order valence-electron chi connectivity index (χ2n) is 5.61. The Morgan fingerprint density at radius 2 is 2.17 bits per heavy atom. The van der Waals surface area contributed by atoms with Crippen LogP contribution in [0.2, 0.25) is 0 Å². The Labute approximate surface area is 110 Å². The molecule has 106 valence electrons. The van der Waals surface area contributed by atoms with Crippen molar-refractivity contribution < 1.29 is 19.4 Å². The maximum absolute atomic E-state index is 12.0. The molecule has 18 heavy (non-hydrogen) atoms. The molecule has 0 aromatic heterocycles. The first-order valence-corrected chi connectivity index (χ1v) is 6.88. The van der Waals surface area contributed by atoms with Crippen molar-refractivity contribution in [1.82, 2.24) is 0 Å². The maximum Gasteiger partial charge on any atom is 0.314 e. The van der Waals surface area contributed by atoms with E-state index >= 15 is 0 Å². The minimum absolute atomic E-state index is 0.0439. The standard InChI is InChI=1S/C14H26O4/c1-5-7-11-10-14(16,8-9-18-11)13(3,4)12(15)17-6-2/h11,16H,5-10H2,1-4H3. The Morgan fingerprint density at radius 3 is 2.72 bits per heavy atom. The molecule has 1 heterocycles. The van der Waals surface area contributed by atoms with E-state index < -0.39 is 11.0 Å². The molecule has 4 nitrogen and oxygen atoms in total. The van der Waals surface area contributed by atoms with E-state index in [1.807, 2.05) is 0 Å². The lowest BCUT2D eigenvalue weighted by Gasteiger charge is -2.45.